The van der Waals surface area contributed by atoms with E-state index >= 15 is 0 Å². The number of rotatable bonds is 3. The summed E-state index contributed by atoms with van der Waals surface area (Å²) in [5, 5.41) is 2.41. The molecule has 6 heteroatoms. The summed E-state index contributed by atoms with van der Waals surface area (Å²) < 4.78 is 4.84. The molecule has 2 aromatic heterocycles. The molecule has 0 saturated carbocycles. The number of esters is 1. The van der Waals surface area contributed by atoms with Gasteiger partial charge in [-0.3, -0.25) is 0 Å². The molecule has 0 radical (unpaired) electrons. The highest BCUT2D eigenvalue weighted by Gasteiger charge is 2.12. The molecule has 5 nitrogen and oxygen atoms in total. The summed E-state index contributed by atoms with van der Waals surface area (Å²) in [6.45, 7) is 2.12. The number of thiazole rings is 1. The fourth-order valence-electron chi connectivity index (χ4n) is 1.07. The standard InChI is InChI=1S/C9H9N3O2S/c1-2-14-9(13)7-4-15-8(12-7)6-3-10-5-11-6/h3-5H,2H2,1H3,(H,10,11). The van der Waals surface area contributed by atoms with E-state index in [9.17, 15) is 4.79 Å². The van der Waals surface area contributed by atoms with Gasteiger partial charge in [-0.05, 0) is 6.92 Å². The van der Waals surface area contributed by atoms with Crippen LogP contribution in [-0.2, 0) is 4.74 Å². The zero-order valence-corrected chi connectivity index (χ0v) is 8.87. The second-order valence-corrected chi connectivity index (χ2v) is 3.58. The van der Waals surface area contributed by atoms with Gasteiger partial charge >= 0.3 is 5.97 Å². The maximum absolute atomic E-state index is 11.3. The highest BCUT2D eigenvalue weighted by atomic mass is 32.1. The molecule has 0 aromatic carbocycles. The zero-order valence-electron chi connectivity index (χ0n) is 8.06. The van der Waals surface area contributed by atoms with Gasteiger partial charge in [0.1, 0.15) is 5.01 Å². The van der Waals surface area contributed by atoms with Crippen LogP contribution in [0.3, 0.4) is 0 Å². The van der Waals surface area contributed by atoms with E-state index in [2.05, 4.69) is 15.0 Å². The molecule has 0 saturated heterocycles. The fourth-order valence-corrected chi connectivity index (χ4v) is 1.83. The summed E-state index contributed by atoms with van der Waals surface area (Å²) >= 11 is 1.38. The largest absolute Gasteiger partial charge is 0.461 e. The van der Waals surface area contributed by atoms with Crippen LogP contribution < -0.4 is 0 Å². The predicted molar refractivity (Wildman–Crippen MR) is 55.7 cm³/mol. The van der Waals surface area contributed by atoms with E-state index < -0.39 is 0 Å². The third kappa shape index (κ3) is 2.04. The van der Waals surface area contributed by atoms with Gasteiger partial charge in [0.05, 0.1) is 24.8 Å². The molecule has 0 unspecified atom stereocenters. The van der Waals surface area contributed by atoms with Crippen LogP contribution in [0.1, 0.15) is 17.4 Å². The molecule has 0 amide bonds. The van der Waals surface area contributed by atoms with Crippen molar-refractivity contribution in [3.05, 3.63) is 23.6 Å². The maximum atomic E-state index is 11.3. The summed E-state index contributed by atoms with van der Waals surface area (Å²) in [6, 6.07) is 0. The van der Waals surface area contributed by atoms with Crippen molar-refractivity contribution in [2.75, 3.05) is 6.61 Å². The number of hydrogen-bond donors (Lipinski definition) is 1. The molecule has 0 atom stereocenters. The van der Waals surface area contributed by atoms with Crippen molar-refractivity contribution < 1.29 is 9.53 Å². The Hall–Kier alpha value is -1.69. The molecule has 0 aliphatic rings. The lowest BCUT2D eigenvalue weighted by molar-refractivity contribution is 0.0520. The lowest BCUT2D eigenvalue weighted by Gasteiger charge is -1.95. The number of imidazole rings is 1. The molecule has 2 heterocycles. The van der Waals surface area contributed by atoms with Crippen LogP contribution in [0.25, 0.3) is 10.7 Å². The predicted octanol–water partition coefficient (Wildman–Crippen LogP) is 1.71. The number of ether oxygens (including phenoxy) is 1. The zero-order chi connectivity index (χ0) is 10.7. The molecule has 0 spiro atoms. The van der Waals surface area contributed by atoms with E-state index in [-0.39, 0.29) is 5.97 Å². The first kappa shape index (κ1) is 9.85. The van der Waals surface area contributed by atoms with Crippen LogP contribution in [0.5, 0.6) is 0 Å². The van der Waals surface area contributed by atoms with E-state index in [1.165, 1.54) is 11.3 Å². The Kier molecular flexibility index (Phi) is 2.77. The Balaban J connectivity index is 2.21. The van der Waals surface area contributed by atoms with Crippen LogP contribution in [0.2, 0.25) is 0 Å². The third-order valence-electron chi connectivity index (χ3n) is 1.72. The van der Waals surface area contributed by atoms with Crippen molar-refractivity contribution >= 4 is 17.3 Å². The molecule has 0 bridgehead atoms. The lowest BCUT2D eigenvalue weighted by atomic mass is 10.5. The molecule has 0 fully saturated rings. The second-order valence-electron chi connectivity index (χ2n) is 2.72. The number of aromatic nitrogens is 3. The van der Waals surface area contributed by atoms with Crippen molar-refractivity contribution in [2.45, 2.75) is 6.92 Å². The second kappa shape index (κ2) is 4.22. The Morgan fingerprint density at radius 1 is 1.67 bits per heavy atom. The molecule has 0 aliphatic heterocycles. The van der Waals surface area contributed by atoms with Crippen molar-refractivity contribution in [3.8, 4) is 10.7 Å². The Labute approximate surface area is 90.1 Å². The van der Waals surface area contributed by atoms with Crippen LogP contribution in [0.4, 0.5) is 0 Å². The van der Waals surface area contributed by atoms with Gasteiger partial charge in [-0.15, -0.1) is 11.3 Å². The highest BCUT2D eigenvalue weighted by Crippen LogP contribution is 2.21. The molecule has 78 valence electrons. The van der Waals surface area contributed by atoms with Gasteiger partial charge in [0.15, 0.2) is 5.69 Å². The lowest BCUT2D eigenvalue weighted by Crippen LogP contribution is -2.04. The quantitative estimate of drug-likeness (QED) is 0.804. The number of hydrogen-bond acceptors (Lipinski definition) is 5. The van der Waals surface area contributed by atoms with Gasteiger partial charge in [0.2, 0.25) is 0 Å². The van der Waals surface area contributed by atoms with E-state index in [4.69, 9.17) is 4.74 Å². The summed E-state index contributed by atoms with van der Waals surface area (Å²) in [6.07, 6.45) is 3.23. The highest BCUT2D eigenvalue weighted by molar-refractivity contribution is 7.13. The molecule has 2 aromatic rings. The molecule has 15 heavy (non-hydrogen) atoms. The van der Waals surface area contributed by atoms with Gasteiger partial charge < -0.3 is 9.72 Å². The van der Waals surface area contributed by atoms with E-state index in [0.29, 0.717) is 12.3 Å². The van der Waals surface area contributed by atoms with Crippen molar-refractivity contribution in [1.29, 1.82) is 0 Å². The molecular weight excluding hydrogens is 214 g/mol. The van der Waals surface area contributed by atoms with Crippen molar-refractivity contribution in [3.63, 3.8) is 0 Å². The third-order valence-corrected chi connectivity index (χ3v) is 2.59. The van der Waals surface area contributed by atoms with E-state index in [1.807, 2.05) is 0 Å². The fraction of sp³-hybridized carbons (Fsp3) is 0.222. The first-order valence-electron chi connectivity index (χ1n) is 4.42. The van der Waals surface area contributed by atoms with E-state index in [0.717, 1.165) is 10.7 Å². The monoisotopic (exact) mass is 223 g/mol. The van der Waals surface area contributed by atoms with Gasteiger partial charge in [0, 0.05) is 5.38 Å². The van der Waals surface area contributed by atoms with Gasteiger partial charge in [-0.2, -0.15) is 0 Å². The number of nitrogens with one attached hydrogen (secondary N) is 1. The maximum Gasteiger partial charge on any atom is 0.357 e. The Morgan fingerprint density at radius 2 is 2.53 bits per heavy atom. The van der Waals surface area contributed by atoms with Gasteiger partial charge in [0.25, 0.3) is 0 Å². The minimum Gasteiger partial charge on any atom is -0.461 e. The van der Waals surface area contributed by atoms with Gasteiger partial charge in [-0.25, -0.2) is 14.8 Å². The van der Waals surface area contributed by atoms with Crippen molar-refractivity contribution in [1.82, 2.24) is 15.0 Å². The van der Waals surface area contributed by atoms with Crippen LogP contribution in [-0.4, -0.2) is 27.5 Å². The van der Waals surface area contributed by atoms with Crippen LogP contribution in [0, 0.1) is 0 Å². The van der Waals surface area contributed by atoms with Crippen molar-refractivity contribution in [2.24, 2.45) is 0 Å². The summed E-state index contributed by atoms with van der Waals surface area (Å²) in [5.41, 5.74) is 1.14. The minimum atomic E-state index is -0.389. The van der Waals surface area contributed by atoms with Crippen LogP contribution in [0.15, 0.2) is 17.9 Å². The average molecular weight is 223 g/mol. The Bertz CT molecular complexity index is 450. The summed E-state index contributed by atoms with van der Waals surface area (Å²) in [7, 11) is 0. The minimum absolute atomic E-state index is 0.339. The number of carbonyl (C=O) groups excluding carboxylic acids is 1. The first-order chi connectivity index (χ1) is 7.31. The average Bonchev–Trinajstić information content (AvgIpc) is 2.89. The topological polar surface area (TPSA) is 67.9 Å². The summed E-state index contributed by atoms with van der Waals surface area (Å²) in [4.78, 5) is 22.3. The van der Waals surface area contributed by atoms with Crippen LogP contribution >= 0.6 is 11.3 Å². The summed E-state index contributed by atoms with van der Waals surface area (Å²) in [5.74, 6) is -0.389. The van der Waals surface area contributed by atoms with Gasteiger partial charge in [-0.1, -0.05) is 0 Å². The number of nitrogens with zero attached hydrogens (tertiary/aromatic N) is 2. The molecule has 2 rings (SSSR count). The molecular formula is C9H9N3O2S. The van der Waals surface area contributed by atoms with E-state index in [1.54, 1.807) is 24.8 Å². The smallest absolute Gasteiger partial charge is 0.357 e. The SMILES string of the molecule is CCOC(=O)c1csc(-c2cnc[nH]2)n1. The molecule has 0 aliphatic carbocycles. The molecule has 1 N–H and O–H groups in total. The number of carbonyl (C=O) groups is 1. The number of aromatic amines is 1. The Morgan fingerprint density at radius 3 is 3.20 bits per heavy atom. The first-order valence-corrected chi connectivity index (χ1v) is 5.30. The normalized spacial score (nSPS) is 10.2. The number of H-pyrrole nitrogens is 1.